The number of rotatable bonds is 14. The number of hydrogen-bond donors (Lipinski definition) is 2. The first-order chi connectivity index (χ1) is 22.0. The van der Waals surface area contributed by atoms with Crippen molar-refractivity contribution in [1.82, 2.24) is 9.78 Å². The van der Waals surface area contributed by atoms with Crippen molar-refractivity contribution < 1.29 is 50.3 Å². The molecule has 0 spiro atoms. The molecular weight excluding hydrogens is 638 g/mol. The van der Waals surface area contributed by atoms with E-state index in [0.29, 0.717) is 35.1 Å². The highest BCUT2D eigenvalue weighted by atomic mass is 35.5. The number of nitrogens with two attached hydrogens (primary N) is 1. The molecule has 0 saturated heterocycles. The van der Waals surface area contributed by atoms with Gasteiger partial charge < -0.3 is 42.2 Å². The molecular formula is C35H52ClN5O7. The van der Waals surface area contributed by atoms with Crippen molar-refractivity contribution in [2.24, 2.45) is 11.1 Å². The summed E-state index contributed by atoms with van der Waals surface area (Å²) in [5.41, 5.74) is 9.87. The summed E-state index contributed by atoms with van der Waals surface area (Å²) in [6.45, 7) is 8.45. The summed E-state index contributed by atoms with van der Waals surface area (Å²) >= 11 is 0. The molecule has 12 nitrogen and oxygen atoms in total. The number of fused-ring (bicyclic) bond motifs is 1. The van der Waals surface area contributed by atoms with Gasteiger partial charge in [0.15, 0.2) is 11.9 Å². The lowest BCUT2D eigenvalue weighted by molar-refractivity contribution is -0.873. The van der Waals surface area contributed by atoms with Gasteiger partial charge in [0.25, 0.3) is 5.91 Å². The second-order valence-corrected chi connectivity index (χ2v) is 14.7. The molecule has 4 rings (SSSR count). The number of halogens is 1. The van der Waals surface area contributed by atoms with Crippen LogP contribution in [0.2, 0.25) is 0 Å². The molecule has 13 heteroatoms. The van der Waals surface area contributed by atoms with Crippen LogP contribution in [-0.4, -0.2) is 97.0 Å². The van der Waals surface area contributed by atoms with Crippen molar-refractivity contribution >= 4 is 29.3 Å². The molecule has 0 aliphatic heterocycles. The second-order valence-electron chi connectivity index (χ2n) is 14.7. The third-order valence-electron chi connectivity index (χ3n) is 8.68. The number of Topliss-reactive ketones (excluding diaryl/α,β-unsaturated/α-hetero) is 1. The van der Waals surface area contributed by atoms with Gasteiger partial charge in [-0.15, -0.1) is 0 Å². The molecule has 1 amide bonds. The third kappa shape index (κ3) is 10.5. The van der Waals surface area contributed by atoms with Crippen molar-refractivity contribution in [2.75, 3.05) is 46.2 Å². The number of likely N-dealkylation sites (N-methyl/N-ethyl adjacent to an activating group) is 1. The fraction of sp³-hybridized carbons (Fsp3) is 0.629. The largest absolute Gasteiger partial charge is 1.00 e. The minimum absolute atomic E-state index is 0. The number of hydrogen-bond acceptors (Lipinski definition) is 9. The van der Waals surface area contributed by atoms with Crippen molar-refractivity contribution in [3.05, 3.63) is 40.7 Å². The van der Waals surface area contributed by atoms with E-state index in [9.17, 15) is 19.2 Å². The average molecular weight is 690 g/mol. The summed E-state index contributed by atoms with van der Waals surface area (Å²) in [5.74, 6) is -1.24. The highest BCUT2D eigenvalue weighted by molar-refractivity contribution is 6.00. The Morgan fingerprint density at radius 2 is 1.79 bits per heavy atom. The lowest BCUT2D eigenvalue weighted by Gasteiger charge is -2.31. The second kappa shape index (κ2) is 16.3. The van der Waals surface area contributed by atoms with E-state index < -0.39 is 23.9 Å². The Balaban J connectivity index is 0.00000625. The highest BCUT2D eigenvalue weighted by Crippen LogP contribution is 2.38. The number of nitrogens with zero attached hydrogens (tertiary/aromatic N) is 3. The Bertz CT molecular complexity index is 1470. The zero-order valence-corrected chi connectivity index (χ0v) is 30.2. The van der Waals surface area contributed by atoms with E-state index in [1.807, 2.05) is 44.9 Å². The Morgan fingerprint density at radius 3 is 2.40 bits per heavy atom. The van der Waals surface area contributed by atoms with Gasteiger partial charge in [-0.25, -0.2) is 4.68 Å². The molecule has 1 aromatic heterocycles. The molecule has 1 aromatic carbocycles. The molecule has 2 aromatic rings. The summed E-state index contributed by atoms with van der Waals surface area (Å²) in [4.78, 5) is 49.3. The smallest absolute Gasteiger partial charge is 0.309 e. The first-order valence-corrected chi connectivity index (χ1v) is 16.6. The van der Waals surface area contributed by atoms with Crippen LogP contribution in [0.3, 0.4) is 0 Å². The summed E-state index contributed by atoms with van der Waals surface area (Å²) in [5, 5.41) is 8.38. The van der Waals surface area contributed by atoms with Crippen LogP contribution in [-0.2, 0) is 36.6 Å². The number of esters is 2. The van der Waals surface area contributed by atoms with Gasteiger partial charge in [-0.05, 0) is 62.1 Å². The Hall–Kier alpha value is -3.48. The van der Waals surface area contributed by atoms with Crippen LogP contribution in [0, 0.1) is 5.41 Å². The predicted octanol–water partition coefficient (Wildman–Crippen LogP) is 1.00. The molecule has 1 heterocycles. The van der Waals surface area contributed by atoms with Crippen LogP contribution >= 0.6 is 0 Å². The maximum Gasteiger partial charge on any atom is 0.309 e. The van der Waals surface area contributed by atoms with E-state index in [2.05, 4.69) is 19.2 Å². The number of aryl methyl sites for hydroxylation is 1. The number of amides is 1. The maximum atomic E-state index is 13.1. The number of primary amides is 1. The van der Waals surface area contributed by atoms with Crippen LogP contribution in [0.5, 0.6) is 0 Å². The summed E-state index contributed by atoms with van der Waals surface area (Å²) in [7, 11) is 5.90. The zero-order chi connectivity index (χ0) is 34.5. The van der Waals surface area contributed by atoms with Gasteiger partial charge in [-0.1, -0.05) is 20.8 Å². The quantitative estimate of drug-likeness (QED) is 0.168. The van der Waals surface area contributed by atoms with E-state index in [4.69, 9.17) is 25.0 Å². The summed E-state index contributed by atoms with van der Waals surface area (Å²) in [6, 6.07) is 5.57. The Labute approximate surface area is 290 Å². The van der Waals surface area contributed by atoms with Crippen molar-refractivity contribution in [2.45, 2.75) is 97.3 Å². The van der Waals surface area contributed by atoms with Gasteiger partial charge in [0.2, 0.25) is 0 Å². The third-order valence-corrected chi connectivity index (χ3v) is 8.68. The number of nitrogens with one attached hydrogen (secondary N) is 1. The van der Waals surface area contributed by atoms with Crippen LogP contribution < -0.4 is 23.5 Å². The van der Waals surface area contributed by atoms with Gasteiger partial charge in [0, 0.05) is 25.1 Å². The number of carbonyl (C=O) groups is 4. The summed E-state index contributed by atoms with van der Waals surface area (Å²) < 4.78 is 19.1. The van der Waals surface area contributed by atoms with Gasteiger partial charge in [-0.3, -0.25) is 19.2 Å². The monoisotopic (exact) mass is 689 g/mol. The molecule has 48 heavy (non-hydrogen) atoms. The molecule has 0 bridgehead atoms. The summed E-state index contributed by atoms with van der Waals surface area (Å²) in [6.07, 6.45) is 4.63. The van der Waals surface area contributed by atoms with E-state index in [-0.39, 0.29) is 55.4 Å². The van der Waals surface area contributed by atoms with Crippen LogP contribution in [0.15, 0.2) is 18.2 Å². The fourth-order valence-corrected chi connectivity index (χ4v) is 6.68. The number of quaternary nitrogens is 1. The van der Waals surface area contributed by atoms with Gasteiger partial charge in [0.05, 0.1) is 68.5 Å². The molecule has 266 valence electrons. The number of ketones is 1. The Kier molecular flexibility index (Phi) is 13.2. The normalized spacial score (nSPS) is 19.4. The first-order valence-electron chi connectivity index (χ1n) is 16.6. The van der Waals surface area contributed by atoms with E-state index >= 15 is 0 Å². The van der Waals surface area contributed by atoms with Gasteiger partial charge >= 0.3 is 11.9 Å². The topological polar surface area (TPSA) is 152 Å². The number of ether oxygens (including phenoxy) is 3. The Morgan fingerprint density at radius 1 is 1.10 bits per heavy atom. The lowest BCUT2D eigenvalue weighted by Crippen LogP contribution is -3.00. The zero-order valence-electron chi connectivity index (χ0n) is 29.4. The van der Waals surface area contributed by atoms with Crippen molar-refractivity contribution in [3.63, 3.8) is 0 Å². The predicted molar refractivity (Wildman–Crippen MR) is 178 cm³/mol. The van der Waals surface area contributed by atoms with Crippen molar-refractivity contribution in [1.29, 1.82) is 0 Å². The van der Waals surface area contributed by atoms with E-state index in [1.54, 1.807) is 6.07 Å². The van der Waals surface area contributed by atoms with Crippen molar-refractivity contribution in [3.8, 4) is 5.69 Å². The number of benzene rings is 1. The molecule has 3 N–H and O–H groups in total. The molecule has 1 saturated carbocycles. The molecule has 0 radical (unpaired) electrons. The fourth-order valence-electron chi connectivity index (χ4n) is 6.68. The molecule has 2 aliphatic rings. The molecule has 2 aliphatic carbocycles. The maximum absolute atomic E-state index is 13.1. The van der Waals surface area contributed by atoms with E-state index in [0.717, 1.165) is 54.7 Å². The standard InChI is InChI=1S/C35H51N5O7.ClH/c1-8-28-33-30(19-35(3,4)20-31(33)42)39(38-28)24-11-14-27(34(36)44)29(17-24)37-23-9-12-25(13-10-23)45-15-16-46-32(43)18-26(47-22(2)41)21-40(5,6)7;/h11,14,17,23,25-26H,8-10,12-13,15-16,18-21H2,1-7H3,(H2-,36,37,44);1H. The average Bonchev–Trinajstić information content (AvgIpc) is 3.32. The van der Waals surface area contributed by atoms with Crippen LogP contribution in [0.1, 0.15) is 98.3 Å². The SMILES string of the molecule is CCc1nn(-c2ccc(C(N)=O)c(NC3CCC(OCCOC(=O)CC(C[N+](C)(C)C)OC(C)=O)CC3)c2)c2c1C(=O)CC(C)(C)C2.[Cl-]. The number of anilines is 1. The minimum Gasteiger partial charge on any atom is -1.00 e. The number of aromatic nitrogens is 2. The molecule has 1 atom stereocenters. The molecule has 1 fully saturated rings. The highest BCUT2D eigenvalue weighted by Gasteiger charge is 2.36. The van der Waals surface area contributed by atoms with Gasteiger partial charge in [-0.2, -0.15) is 5.10 Å². The first kappa shape index (κ1) is 39.0. The van der Waals surface area contributed by atoms with Gasteiger partial charge in [0.1, 0.15) is 13.2 Å². The van der Waals surface area contributed by atoms with Crippen LogP contribution in [0.4, 0.5) is 5.69 Å². The van der Waals surface area contributed by atoms with Crippen LogP contribution in [0.25, 0.3) is 5.69 Å². The minimum atomic E-state index is -0.547. The number of carbonyl (C=O) groups excluding carboxylic acids is 4. The van der Waals surface area contributed by atoms with E-state index in [1.165, 1.54) is 6.92 Å². The lowest BCUT2D eigenvalue weighted by atomic mass is 9.75. The molecule has 1 unspecified atom stereocenters.